The van der Waals surface area contributed by atoms with Crippen LogP contribution in [0.25, 0.3) is 0 Å². The molecule has 8 aliphatic rings. The molecule has 5 fully saturated rings. The van der Waals surface area contributed by atoms with Gasteiger partial charge in [0.2, 0.25) is 0 Å². The molecule has 4 aliphatic carbocycles. The van der Waals surface area contributed by atoms with E-state index in [0.29, 0.717) is 68.8 Å². The average Bonchev–Trinajstić information content (AvgIpc) is 1.67. The van der Waals surface area contributed by atoms with Crippen LogP contribution in [0.2, 0.25) is 0 Å². The Morgan fingerprint density at radius 2 is 0.785 bits per heavy atom. The van der Waals surface area contributed by atoms with Gasteiger partial charge in [-0.25, -0.2) is 0 Å². The molecule has 584 valence electrons. The Hall–Kier alpha value is -9.15. The summed E-state index contributed by atoms with van der Waals surface area (Å²) in [5.74, 6) is -2.93. The number of aldehydes is 2. The van der Waals surface area contributed by atoms with Crippen LogP contribution in [0.5, 0.6) is 0 Å². The van der Waals surface area contributed by atoms with Crippen molar-refractivity contribution in [2.45, 2.75) is 261 Å². The quantitative estimate of drug-likeness (QED) is 0.0282. The summed E-state index contributed by atoms with van der Waals surface area (Å²) in [5.41, 5.74) is 7.53. The summed E-state index contributed by atoms with van der Waals surface area (Å²) in [7, 11) is 0. The standard InChI is InChI=1S/C22H32O6.C21H26O6.C21H28O5.C21H26O5/c1-14(2)7-6-8-15(3)11-20-22(13-21(25)28-20)12-18(26-16(4)23)9-10-19(22)27-17(5)24;1-14(5-4-6-17(12-22)13-23)9-19-21(11-20(25)27-19)10-18(26-16(3)24)8-7-15(21)2;2*1-14(6-5-7-15(2)13-22)10-19-21(12-20(24)26-19)11-18(25-17(4)23)9-8-16(21)3/h7,11,18-20H,6,8-10,12-13H2,1-5H3;6-9,12,18-19,23H,2,4-5,10-11,13H2,1,3H3;7-10,18-19,22H,3,5-6,11-13H2,1-2,4H3;7-10,13,18-19H,3,5-6,11-12H2,1-2,4H3/b15-11+;14-9+,17-6-;2*14-10+,15-7+/t18-,19?,20-,22?;3*18-,19-,21?/m1111/s1. The van der Waals surface area contributed by atoms with Gasteiger partial charge in [0.25, 0.3) is 0 Å². The average molecular weight is 1490 g/mol. The fourth-order valence-electron chi connectivity index (χ4n) is 14.8. The number of hydrogen-bond acceptors (Lipinski definition) is 22. The first-order chi connectivity index (χ1) is 50.4. The minimum absolute atomic E-state index is 0.0653. The van der Waals surface area contributed by atoms with Crippen LogP contribution in [0.15, 0.2) is 166 Å². The number of cyclic esters (lactones) is 4. The number of aliphatic hydroxyl groups excluding tert-OH is 2. The lowest BCUT2D eigenvalue weighted by Gasteiger charge is -2.44. The first-order valence-corrected chi connectivity index (χ1v) is 36.7. The van der Waals surface area contributed by atoms with Crippen molar-refractivity contribution >= 4 is 66.3 Å². The minimum atomic E-state index is -0.696. The molecule has 0 amide bonds. The molecule has 5 unspecified atom stereocenters. The number of ether oxygens (including phenoxy) is 9. The van der Waals surface area contributed by atoms with E-state index in [1.165, 1.54) is 40.2 Å². The van der Waals surface area contributed by atoms with Crippen LogP contribution in [0.3, 0.4) is 0 Å². The Morgan fingerprint density at radius 3 is 1.14 bits per heavy atom. The molecule has 4 heterocycles. The highest BCUT2D eigenvalue weighted by molar-refractivity contribution is 5.78. The molecule has 4 spiro atoms. The Kier molecular flexibility index (Phi) is 34.1. The summed E-state index contributed by atoms with van der Waals surface area (Å²) in [6.07, 6.45) is 34.2. The zero-order chi connectivity index (χ0) is 79.6. The van der Waals surface area contributed by atoms with Crippen molar-refractivity contribution in [1.29, 1.82) is 0 Å². The Morgan fingerprint density at radius 1 is 0.430 bits per heavy atom. The maximum absolute atomic E-state index is 12.3. The summed E-state index contributed by atoms with van der Waals surface area (Å²) < 4.78 is 49.4. The van der Waals surface area contributed by atoms with Crippen LogP contribution in [-0.2, 0) is 95.4 Å². The third-order valence-electron chi connectivity index (χ3n) is 20.4. The van der Waals surface area contributed by atoms with Crippen molar-refractivity contribution in [3.05, 3.63) is 166 Å². The van der Waals surface area contributed by atoms with Crippen molar-refractivity contribution in [1.82, 2.24) is 0 Å². The summed E-state index contributed by atoms with van der Waals surface area (Å²) in [5, 5.41) is 18.1. The second kappa shape index (κ2) is 41.3. The molecule has 0 aromatic carbocycles. The van der Waals surface area contributed by atoms with E-state index in [4.69, 9.17) is 52.8 Å². The Balaban J connectivity index is 0.000000256. The second-order valence-electron chi connectivity index (χ2n) is 29.7. The van der Waals surface area contributed by atoms with Gasteiger partial charge in [0.05, 0.1) is 44.3 Å². The molecule has 0 aromatic rings. The molecule has 0 bridgehead atoms. The van der Waals surface area contributed by atoms with Crippen LogP contribution < -0.4 is 0 Å². The number of carbonyl (C=O) groups is 11. The third-order valence-corrected chi connectivity index (χ3v) is 20.4. The highest BCUT2D eigenvalue weighted by Gasteiger charge is 2.59. The van der Waals surface area contributed by atoms with Crippen molar-refractivity contribution < 1.29 is 106 Å². The second-order valence-corrected chi connectivity index (χ2v) is 29.7. The van der Waals surface area contributed by atoms with E-state index in [9.17, 15) is 52.7 Å². The van der Waals surface area contributed by atoms with E-state index in [-0.39, 0.29) is 111 Å². The van der Waals surface area contributed by atoms with Crippen LogP contribution in [0, 0.1) is 21.7 Å². The number of carbonyl (C=O) groups excluding carboxylic acids is 11. The van der Waals surface area contributed by atoms with Crippen LogP contribution in [-0.4, -0.2) is 145 Å². The van der Waals surface area contributed by atoms with Gasteiger partial charge >= 0.3 is 53.7 Å². The molecule has 22 heteroatoms. The zero-order valence-corrected chi connectivity index (χ0v) is 64.8. The highest BCUT2D eigenvalue weighted by atomic mass is 16.6. The SMILES string of the molecule is C=C1C=C[C@@H](OC(C)=O)CC12CC(=O)O[C@@H]2/C=C(\C)CC/C=C(/C=O)CO.C=C1C=C[C@@H](OC(C)=O)CC12CC(=O)O[C@@H]2/C=C(\C)CC/C=C(\C)C=O.C=C1C=C[C@@H](OC(C)=O)CC12CC(=O)O[C@@H]2/C=C(\C)CC/C=C(\C)CO.CC(=O)OC1CC[C@@H](OC(C)=O)CC12CC(=O)O[C@@H]2/C=C(\C)CCC=C(C)C. The molecule has 13 atom stereocenters. The minimum Gasteiger partial charge on any atom is -0.463 e. The number of aliphatic hydroxyl groups is 2. The Labute approximate surface area is 630 Å². The molecule has 4 aliphatic heterocycles. The van der Waals surface area contributed by atoms with Gasteiger partial charge in [0.1, 0.15) is 67.5 Å². The summed E-state index contributed by atoms with van der Waals surface area (Å²) >= 11 is 0. The first-order valence-electron chi connectivity index (χ1n) is 36.7. The number of allylic oxidation sites excluding steroid dienone is 13. The van der Waals surface area contributed by atoms with Gasteiger partial charge in [-0.2, -0.15) is 0 Å². The van der Waals surface area contributed by atoms with Gasteiger partial charge in [0, 0.05) is 75.7 Å². The van der Waals surface area contributed by atoms with E-state index in [0.717, 1.165) is 89.4 Å². The first kappa shape index (κ1) is 88.5. The summed E-state index contributed by atoms with van der Waals surface area (Å²) in [6, 6.07) is 0. The van der Waals surface area contributed by atoms with Crippen molar-refractivity contribution in [3.8, 4) is 0 Å². The van der Waals surface area contributed by atoms with Gasteiger partial charge in [-0.05, 0) is 191 Å². The smallest absolute Gasteiger partial charge is 0.307 e. The molecule has 107 heavy (non-hydrogen) atoms. The molecular weight excluding hydrogens is 1370 g/mol. The van der Waals surface area contributed by atoms with Gasteiger partial charge < -0.3 is 52.8 Å². The number of rotatable bonds is 25. The highest BCUT2D eigenvalue weighted by Crippen LogP contribution is 2.54. The monoisotopic (exact) mass is 1480 g/mol. The summed E-state index contributed by atoms with van der Waals surface area (Å²) in [6.45, 7) is 34.7. The van der Waals surface area contributed by atoms with Gasteiger partial charge in [-0.3, -0.25) is 52.7 Å². The normalized spacial score (nSPS) is 29.2. The van der Waals surface area contributed by atoms with Crippen molar-refractivity contribution in [3.63, 3.8) is 0 Å². The van der Waals surface area contributed by atoms with Crippen LogP contribution in [0.1, 0.15) is 206 Å². The zero-order valence-electron chi connectivity index (χ0n) is 64.8. The summed E-state index contributed by atoms with van der Waals surface area (Å²) in [4.78, 5) is 127. The lowest BCUT2D eigenvalue weighted by molar-refractivity contribution is -0.172. The number of esters is 9. The maximum atomic E-state index is 12.3. The van der Waals surface area contributed by atoms with E-state index >= 15 is 0 Å². The molecule has 1 saturated carbocycles. The lowest BCUT2D eigenvalue weighted by Crippen LogP contribution is -2.50. The predicted octanol–water partition coefficient (Wildman–Crippen LogP) is 13.6. The van der Waals surface area contributed by atoms with E-state index < -0.39 is 58.3 Å². The van der Waals surface area contributed by atoms with Gasteiger partial charge in [0.15, 0.2) is 0 Å². The molecule has 2 N–H and O–H groups in total. The van der Waals surface area contributed by atoms with Crippen LogP contribution in [0.4, 0.5) is 0 Å². The maximum Gasteiger partial charge on any atom is 0.307 e. The molecule has 8 rings (SSSR count). The van der Waals surface area contributed by atoms with Crippen molar-refractivity contribution in [2.24, 2.45) is 21.7 Å². The topological polar surface area (TPSA) is 311 Å². The molecule has 0 radical (unpaired) electrons. The largest absolute Gasteiger partial charge is 0.463 e. The van der Waals surface area contributed by atoms with E-state index in [2.05, 4.69) is 39.7 Å². The van der Waals surface area contributed by atoms with Gasteiger partial charge in [-0.15, -0.1) is 0 Å². The molecular formula is C85H112O22. The fraction of sp³-hybridized carbons (Fsp3) is 0.541. The van der Waals surface area contributed by atoms with Gasteiger partial charge in [-0.1, -0.05) is 95.7 Å². The van der Waals surface area contributed by atoms with E-state index in [1.54, 1.807) is 31.2 Å². The molecule has 22 nitrogen and oxygen atoms in total. The third kappa shape index (κ3) is 26.1. The number of hydrogen-bond donors (Lipinski definition) is 2. The van der Waals surface area contributed by atoms with Crippen molar-refractivity contribution in [2.75, 3.05) is 13.2 Å². The van der Waals surface area contributed by atoms with Crippen LogP contribution >= 0.6 is 0 Å². The fourth-order valence-corrected chi connectivity index (χ4v) is 14.8. The predicted molar refractivity (Wildman–Crippen MR) is 401 cm³/mol. The Bertz CT molecular complexity index is 3700. The molecule has 0 aromatic heterocycles. The lowest BCUT2D eigenvalue weighted by atomic mass is 9.66. The van der Waals surface area contributed by atoms with E-state index in [1.807, 2.05) is 89.3 Å². The molecule has 4 saturated heterocycles.